The summed E-state index contributed by atoms with van der Waals surface area (Å²) in [6.45, 7) is 0.911. The molecule has 0 saturated carbocycles. The minimum atomic E-state index is -0.669. The van der Waals surface area contributed by atoms with E-state index in [2.05, 4.69) is 17.5 Å². The van der Waals surface area contributed by atoms with Gasteiger partial charge in [-0.25, -0.2) is 0 Å². The molecule has 5 heteroatoms. The van der Waals surface area contributed by atoms with Crippen LogP contribution in [0, 0.1) is 5.92 Å². The number of ether oxygens (including phenoxy) is 3. The van der Waals surface area contributed by atoms with Gasteiger partial charge in [0.25, 0.3) is 0 Å². The summed E-state index contributed by atoms with van der Waals surface area (Å²) in [5.74, 6) is 1.66. The first-order valence-corrected chi connectivity index (χ1v) is 8.68. The molecule has 5 bridgehead atoms. The van der Waals surface area contributed by atoms with Crippen LogP contribution in [-0.2, 0) is 17.6 Å². The van der Waals surface area contributed by atoms with Crippen LogP contribution in [0.5, 0.6) is 11.5 Å². The van der Waals surface area contributed by atoms with Gasteiger partial charge >= 0.3 is 0 Å². The normalized spacial score (nSPS) is 41.4. The monoisotopic (exact) mass is 329 g/mol. The van der Waals surface area contributed by atoms with Gasteiger partial charge in [0.1, 0.15) is 17.3 Å². The summed E-state index contributed by atoms with van der Waals surface area (Å²) in [7, 11) is 3.44. The summed E-state index contributed by atoms with van der Waals surface area (Å²) in [6, 6.07) is 4.28. The molecule has 2 heterocycles. The van der Waals surface area contributed by atoms with E-state index in [1.165, 1.54) is 11.1 Å². The second kappa shape index (κ2) is 4.75. The van der Waals surface area contributed by atoms with E-state index in [9.17, 15) is 5.11 Å². The van der Waals surface area contributed by atoms with Crippen molar-refractivity contribution in [3.05, 3.63) is 35.4 Å². The van der Waals surface area contributed by atoms with E-state index in [0.717, 1.165) is 30.9 Å². The average molecular weight is 329 g/mol. The van der Waals surface area contributed by atoms with Gasteiger partial charge in [-0.3, -0.25) is 0 Å². The van der Waals surface area contributed by atoms with E-state index in [1.807, 2.05) is 12.1 Å². The molecule has 2 aliphatic carbocycles. The Morgan fingerprint density at radius 1 is 1.33 bits per heavy atom. The van der Waals surface area contributed by atoms with Crippen molar-refractivity contribution >= 4 is 0 Å². The number of hydrogen-bond donors (Lipinski definition) is 2. The highest BCUT2D eigenvalue weighted by molar-refractivity contribution is 5.57. The van der Waals surface area contributed by atoms with Crippen LogP contribution >= 0.6 is 0 Å². The smallest absolute Gasteiger partial charge is 0.165 e. The SMILES string of the molecule is COc1ccc2c3c1OC1(C3)C(O)C=CC3(OC)C(C2)NCCC31. The van der Waals surface area contributed by atoms with E-state index in [1.54, 1.807) is 14.2 Å². The summed E-state index contributed by atoms with van der Waals surface area (Å²) in [6.07, 6.45) is 5.80. The first-order chi connectivity index (χ1) is 11.6. The predicted octanol–water partition coefficient (Wildman–Crippen LogP) is 1.22. The number of benzene rings is 1. The van der Waals surface area contributed by atoms with Crippen molar-refractivity contribution in [3.8, 4) is 11.5 Å². The van der Waals surface area contributed by atoms with Crippen molar-refractivity contribution < 1.29 is 19.3 Å². The molecule has 5 nitrogen and oxygen atoms in total. The lowest BCUT2D eigenvalue weighted by atomic mass is 9.59. The van der Waals surface area contributed by atoms with Gasteiger partial charge in [0, 0.05) is 31.1 Å². The Bertz CT molecular complexity index is 732. The van der Waals surface area contributed by atoms with Gasteiger partial charge in [-0.2, -0.15) is 0 Å². The van der Waals surface area contributed by atoms with Gasteiger partial charge < -0.3 is 24.6 Å². The number of aliphatic hydroxyl groups excluding tert-OH is 1. The lowest BCUT2D eigenvalue weighted by molar-refractivity contribution is -0.170. The third-order valence-corrected chi connectivity index (χ3v) is 6.61. The van der Waals surface area contributed by atoms with E-state index >= 15 is 0 Å². The van der Waals surface area contributed by atoms with Crippen LogP contribution in [0.2, 0.25) is 0 Å². The highest BCUT2D eigenvalue weighted by Crippen LogP contribution is 2.56. The molecule has 5 unspecified atom stereocenters. The van der Waals surface area contributed by atoms with E-state index in [4.69, 9.17) is 14.2 Å². The van der Waals surface area contributed by atoms with Gasteiger partial charge in [-0.1, -0.05) is 18.2 Å². The third-order valence-electron chi connectivity index (χ3n) is 6.61. The van der Waals surface area contributed by atoms with Crippen LogP contribution in [0.3, 0.4) is 0 Å². The summed E-state index contributed by atoms with van der Waals surface area (Å²) in [4.78, 5) is 0. The quantitative estimate of drug-likeness (QED) is 0.799. The summed E-state index contributed by atoms with van der Waals surface area (Å²) >= 11 is 0. The van der Waals surface area contributed by atoms with Crippen LogP contribution in [0.25, 0.3) is 0 Å². The molecule has 5 rings (SSSR count). The predicted molar refractivity (Wildman–Crippen MR) is 88.5 cm³/mol. The van der Waals surface area contributed by atoms with Crippen LogP contribution in [0.15, 0.2) is 24.3 Å². The standard InChI is InChI=1S/C19H23NO4/c1-22-13-4-3-11-9-15-18(23-2)7-5-16(21)19(14(18)6-8-20-15)10-12(11)17(13)24-19/h3-5,7,14-16,20-21H,6,8-10H2,1-2H3. The Labute approximate surface area is 141 Å². The first kappa shape index (κ1) is 14.8. The second-order valence-corrected chi connectivity index (χ2v) is 7.38. The summed E-state index contributed by atoms with van der Waals surface area (Å²) < 4.78 is 18.2. The summed E-state index contributed by atoms with van der Waals surface area (Å²) in [5.41, 5.74) is 1.33. The number of rotatable bonds is 2. The average Bonchev–Trinajstić information content (AvgIpc) is 3.01. The molecule has 0 aromatic heterocycles. The molecule has 1 aromatic rings. The largest absolute Gasteiger partial charge is 0.493 e. The Hall–Kier alpha value is -1.56. The molecule has 2 N–H and O–H groups in total. The van der Waals surface area contributed by atoms with Crippen molar-refractivity contribution in [3.63, 3.8) is 0 Å². The molecule has 0 amide bonds. The number of piperidine rings is 1. The van der Waals surface area contributed by atoms with Crippen LogP contribution in [0.4, 0.5) is 0 Å². The van der Waals surface area contributed by atoms with Gasteiger partial charge in [-0.05, 0) is 31.0 Å². The maximum absolute atomic E-state index is 10.9. The highest BCUT2D eigenvalue weighted by Gasteiger charge is 2.65. The fourth-order valence-corrected chi connectivity index (χ4v) is 5.47. The zero-order valence-corrected chi connectivity index (χ0v) is 14.0. The lowest BCUT2D eigenvalue weighted by Gasteiger charge is -2.57. The number of aliphatic hydroxyl groups is 1. The number of nitrogens with one attached hydrogen (secondary N) is 1. The van der Waals surface area contributed by atoms with Gasteiger partial charge in [-0.15, -0.1) is 0 Å². The Balaban J connectivity index is 1.79. The van der Waals surface area contributed by atoms with Gasteiger partial charge in [0.05, 0.1) is 7.11 Å². The minimum absolute atomic E-state index is 0.103. The Kier molecular flexibility index (Phi) is 2.92. The lowest BCUT2D eigenvalue weighted by Crippen LogP contribution is -2.72. The maximum atomic E-state index is 10.9. The Morgan fingerprint density at radius 2 is 2.21 bits per heavy atom. The Morgan fingerprint density at radius 3 is 3.00 bits per heavy atom. The fourth-order valence-electron chi connectivity index (χ4n) is 5.47. The van der Waals surface area contributed by atoms with Crippen LogP contribution in [-0.4, -0.2) is 49.2 Å². The fraction of sp³-hybridized carbons (Fsp3) is 0.579. The zero-order valence-electron chi connectivity index (χ0n) is 14.0. The van der Waals surface area contributed by atoms with Crippen molar-refractivity contribution in [2.45, 2.75) is 42.6 Å². The van der Waals surface area contributed by atoms with Crippen LogP contribution in [0.1, 0.15) is 17.5 Å². The molecule has 4 aliphatic rings. The molecular formula is C19H23NO4. The minimum Gasteiger partial charge on any atom is -0.493 e. The molecule has 24 heavy (non-hydrogen) atoms. The molecule has 128 valence electrons. The molecule has 1 aromatic carbocycles. The van der Waals surface area contributed by atoms with Gasteiger partial charge in [0.2, 0.25) is 0 Å². The second-order valence-electron chi connectivity index (χ2n) is 7.38. The van der Waals surface area contributed by atoms with E-state index in [-0.39, 0.29) is 12.0 Å². The van der Waals surface area contributed by atoms with Crippen LogP contribution < -0.4 is 14.8 Å². The van der Waals surface area contributed by atoms with Crippen molar-refractivity contribution in [2.24, 2.45) is 5.92 Å². The zero-order chi connectivity index (χ0) is 16.5. The van der Waals surface area contributed by atoms with Crippen molar-refractivity contribution in [1.29, 1.82) is 0 Å². The van der Waals surface area contributed by atoms with Crippen molar-refractivity contribution in [1.82, 2.24) is 5.32 Å². The summed E-state index contributed by atoms with van der Waals surface area (Å²) in [5, 5.41) is 14.6. The highest BCUT2D eigenvalue weighted by atomic mass is 16.5. The third kappa shape index (κ3) is 1.56. The first-order valence-electron chi connectivity index (χ1n) is 8.68. The van der Waals surface area contributed by atoms with Gasteiger partial charge in [0.15, 0.2) is 11.5 Å². The molecule has 0 radical (unpaired) electrons. The molecular weight excluding hydrogens is 306 g/mol. The molecule has 1 fully saturated rings. The van der Waals surface area contributed by atoms with E-state index in [0.29, 0.717) is 6.42 Å². The van der Waals surface area contributed by atoms with Crippen molar-refractivity contribution in [2.75, 3.05) is 20.8 Å². The molecule has 5 atom stereocenters. The number of hydrogen-bond acceptors (Lipinski definition) is 5. The molecule has 1 spiro atoms. The molecule has 1 saturated heterocycles. The molecule has 2 aliphatic heterocycles. The van der Waals surface area contributed by atoms with E-state index < -0.39 is 17.3 Å². The maximum Gasteiger partial charge on any atom is 0.165 e. The topological polar surface area (TPSA) is 60.0 Å². The number of methoxy groups -OCH3 is 2.